The van der Waals surface area contributed by atoms with E-state index in [0.717, 1.165) is 23.6 Å². The van der Waals surface area contributed by atoms with Crippen molar-refractivity contribution >= 4 is 56.8 Å². The fourth-order valence-electron chi connectivity index (χ4n) is 6.00. The molecule has 0 amide bonds. The molecule has 0 atom stereocenters. The van der Waals surface area contributed by atoms with Crippen LogP contribution in [0.15, 0.2) is 149 Å². The van der Waals surface area contributed by atoms with Crippen molar-refractivity contribution in [1.82, 2.24) is 0 Å². The average molecular weight is 821 g/mol. The number of cyclic esters (lactones) is 4. The summed E-state index contributed by atoms with van der Waals surface area (Å²) in [6.45, 7) is 0. The molecule has 0 spiro atoms. The van der Waals surface area contributed by atoms with Gasteiger partial charge in [0, 0.05) is 17.4 Å². The van der Waals surface area contributed by atoms with E-state index in [0.29, 0.717) is 22.9 Å². The largest absolute Gasteiger partial charge is 0.457 e. The van der Waals surface area contributed by atoms with Gasteiger partial charge in [0.15, 0.2) is 0 Å². The molecule has 0 saturated carbocycles. The predicted molar refractivity (Wildman–Crippen MR) is 214 cm³/mol. The van der Waals surface area contributed by atoms with Crippen molar-refractivity contribution in [1.29, 1.82) is 0 Å². The second-order valence-corrected chi connectivity index (χ2v) is 13.0. The van der Waals surface area contributed by atoms with Gasteiger partial charge in [-0.25, -0.2) is 38.4 Å². The summed E-state index contributed by atoms with van der Waals surface area (Å²) in [6.07, 6.45) is 0. The average Bonchev–Trinajstić information content (AvgIpc) is 3.90. The van der Waals surface area contributed by atoms with E-state index >= 15 is 0 Å². The van der Waals surface area contributed by atoms with Gasteiger partial charge in [0.1, 0.15) is 34.5 Å². The van der Waals surface area contributed by atoms with Crippen LogP contribution in [-0.4, -0.2) is 23.9 Å². The third-order valence-corrected chi connectivity index (χ3v) is 8.91. The quantitative estimate of drug-likeness (QED) is 0.110. The van der Waals surface area contributed by atoms with Gasteiger partial charge in [0.25, 0.3) is 0 Å². The molecule has 0 aliphatic carbocycles. The van der Waals surface area contributed by atoms with Gasteiger partial charge in [-0.15, -0.1) is 0 Å². The lowest BCUT2D eigenvalue weighted by Crippen LogP contribution is -1.97. The third-order valence-electron chi connectivity index (χ3n) is 8.91. The molecular weight excluding hydrogens is 796 g/mol. The van der Waals surface area contributed by atoms with Gasteiger partial charge >= 0.3 is 46.4 Å². The number of ether oxygens (including phenoxy) is 5. The highest BCUT2D eigenvalue weighted by Gasteiger charge is 2.31. The fourth-order valence-corrected chi connectivity index (χ4v) is 6.00. The Balaban J connectivity index is 0.000000128. The number of nitrogens with two attached hydrogens (primary N) is 2. The maximum absolute atomic E-state index is 11.5. The second kappa shape index (κ2) is 15.7. The minimum Gasteiger partial charge on any atom is -0.457 e. The summed E-state index contributed by atoms with van der Waals surface area (Å²) in [5.41, 5.74) is 9.99. The van der Waals surface area contributed by atoms with Gasteiger partial charge in [-0.05, 0) is 109 Å². The third kappa shape index (κ3) is 8.05. The molecule has 17 nitrogen and oxygen atoms in total. The molecule has 10 rings (SSSR count). The molecule has 6 aromatic carbocycles. The number of nitrogen functional groups attached to an aromatic ring is 2. The lowest BCUT2D eigenvalue weighted by Gasteiger charge is -2.09. The Morgan fingerprint density at radius 3 is 1.02 bits per heavy atom. The van der Waals surface area contributed by atoms with Gasteiger partial charge in [-0.3, -0.25) is 0 Å². The molecule has 4 N–H and O–H groups in total. The van der Waals surface area contributed by atoms with Crippen molar-refractivity contribution in [2.24, 2.45) is 0 Å². The topological polar surface area (TPSA) is 261 Å². The molecule has 0 saturated heterocycles. The highest BCUT2D eigenvalue weighted by Crippen LogP contribution is 2.32. The number of fused-ring (bicyclic) bond motifs is 4. The van der Waals surface area contributed by atoms with Crippen LogP contribution in [0.1, 0.15) is 41.4 Å². The Labute approximate surface area is 339 Å². The summed E-state index contributed by atoms with van der Waals surface area (Å²) in [4.78, 5) is 90.5. The lowest BCUT2D eigenvalue weighted by molar-refractivity contribution is 0.0425. The fraction of sp³-hybridized carbons (Fsp3) is 0. The number of anilines is 2. The number of carbonyl (C=O) groups excluding carboxylic acids is 4. The number of esters is 4. The zero-order valence-corrected chi connectivity index (χ0v) is 30.8. The summed E-state index contributed by atoms with van der Waals surface area (Å²) in [7, 11) is 0. The van der Waals surface area contributed by atoms with E-state index in [9.17, 15) is 38.4 Å². The van der Waals surface area contributed by atoms with Crippen LogP contribution in [0.25, 0.3) is 21.5 Å². The molecule has 8 aromatic rings. The molecule has 300 valence electrons. The van der Waals surface area contributed by atoms with Crippen LogP contribution in [0.4, 0.5) is 11.4 Å². The Morgan fingerprint density at radius 2 is 0.639 bits per heavy atom. The molecular formula is C44H24N2O15. The van der Waals surface area contributed by atoms with Crippen molar-refractivity contribution in [2.75, 3.05) is 11.5 Å². The molecule has 17 heteroatoms. The minimum absolute atomic E-state index is 0.0181. The first-order valence-electron chi connectivity index (χ1n) is 17.7. The van der Waals surface area contributed by atoms with Crippen LogP contribution >= 0.6 is 0 Å². The van der Waals surface area contributed by atoms with Crippen LogP contribution in [0, 0.1) is 0 Å². The predicted octanol–water partition coefficient (Wildman–Crippen LogP) is 6.03. The van der Waals surface area contributed by atoms with E-state index in [2.05, 4.69) is 18.3 Å². The molecule has 0 unspecified atom stereocenters. The highest BCUT2D eigenvalue weighted by atomic mass is 16.6. The van der Waals surface area contributed by atoms with Crippen LogP contribution in [0.5, 0.6) is 34.5 Å². The standard InChI is InChI=1S/C18H16N2O2.C16H6O7.C10H2O6/c19-13-4-8-15(9-5-13)21-17-2-1-3-18(12-17)22-16-10-6-14(20)7-11-16;17-13-9-3-1-7(5-11(9)15(19)22-13)21-8-2-4-10-12(6-8)16(20)23-14(10)18;11-7-3-1-4-6(10(14)16-8(4)12)2-5(3)9(13)15-7/h1-12H,19-20H2;1-6H;1-2H. The van der Waals surface area contributed by atoms with E-state index < -0.39 is 46.4 Å². The van der Waals surface area contributed by atoms with Gasteiger partial charge < -0.3 is 44.0 Å². The maximum Gasteiger partial charge on any atom is 0.347 e. The summed E-state index contributed by atoms with van der Waals surface area (Å²) in [6, 6.07) is 32.8. The smallest absolute Gasteiger partial charge is 0.347 e. The lowest BCUT2D eigenvalue weighted by atomic mass is 10.1. The first-order valence-corrected chi connectivity index (χ1v) is 17.7. The van der Waals surface area contributed by atoms with Crippen LogP contribution in [0.3, 0.4) is 0 Å². The first kappa shape index (κ1) is 38.7. The number of benzene rings is 6. The molecule has 0 radical (unpaired) electrons. The number of carbonyl (C=O) groups is 4. The summed E-state index contributed by atoms with van der Waals surface area (Å²) in [5.74, 6) is 0.525. The Morgan fingerprint density at radius 1 is 0.328 bits per heavy atom. The normalized spacial score (nSPS) is 12.4. The number of hydrogen-bond donors (Lipinski definition) is 2. The molecule has 0 fully saturated rings. The van der Waals surface area contributed by atoms with E-state index in [1.165, 1.54) is 36.4 Å². The number of rotatable bonds is 6. The number of furan rings is 2. The van der Waals surface area contributed by atoms with Crippen LogP contribution in [0.2, 0.25) is 0 Å². The Kier molecular flexibility index (Phi) is 9.95. The van der Waals surface area contributed by atoms with Crippen molar-refractivity contribution < 1.29 is 51.7 Å². The van der Waals surface area contributed by atoms with E-state index in [-0.39, 0.29) is 55.3 Å². The van der Waals surface area contributed by atoms with Crippen molar-refractivity contribution in [2.45, 2.75) is 0 Å². The zero-order valence-electron chi connectivity index (χ0n) is 30.8. The molecule has 4 heterocycles. The Hall–Kier alpha value is -9.12. The van der Waals surface area contributed by atoms with Crippen molar-refractivity contribution in [3.8, 4) is 34.5 Å². The van der Waals surface area contributed by atoms with E-state index in [1.807, 2.05) is 48.5 Å². The molecule has 2 aliphatic rings. The van der Waals surface area contributed by atoms with Gasteiger partial charge in [-0.2, -0.15) is 0 Å². The zero-order chi connectivity index (χ0) is 42.9. The van der Waals surface area contributed by atoms with E-state index in [1.54, 1.807) is 24.3 Å². The van der Waals surface area contributed by atoms with Crippen molar-refractivity contribution in [3.63, 3.8) is 0 Å². The van der Waals surface area contributed by atoms with Gasteiger partial charge in [0.2, 0.25) is 0 Å². The van der Waals surface area contributed by atoms with E-state index in [4.69, 9.17) is 25.7 Å². The molecule has 61 heavy (non-hydrogen) atoms. The van der Waals surface area contributed by atoms with Gasteiger partial charge in [-0.1, -0.05) is 6.07 Å². The van der Waals surface area contributed by atoms with Crippen LogP contribution in [-0.2, 0) is 9.47 Å². The monoisotopic (exact) mass is 820 g/mol. The summed E-state index contributed by atoms with van der Waals surface area (Å²) < 4.78 is 34.8. The Bertz CT molecular complexity index is 3020. The summed E-state index contributed by atoms with van der Waals surface area (Å²) in [5, 5.41) is -0.0726. The minimum atomic E-state index is -0.824. The molecule has 2 aliphatic heterocycles. The highest BCUT2D eigenvalue weighted by molar-refractivity contribution is 6.15. The SMILES string of the molecule is Nc1ccc(Oc2cccc(Oc3ccc(N)cc3)c2)cc1.O=C1OC(=O)c2cc(Oc3ccc4c(c3)C(=O)OC4=O)ccc21.O=c1oc(=O)c2cc3c(=O)oc(=O)c3cc12. The van der Waals surface area contributed by atoms with Crippen molar-refractivity contribution in [3.05, 3.63) is 185 Å². The second-order valence-electron chi connectivity index (χ2n) is 13.0. The number of hydrogen-bond acceptors (Lipinski definition) is 17. The van der Waals surface area contributed by atoms with Crippen LogP contribution < -0.4 is 48.2 Å². The molecule has 2 aromatic heterocycles. The maximum atomic E-state index is 11.5. The first-order chi connectivity index (χ1) is 29.3. The molecule has 0 bridgehead atoms. The van der Waals surface area contributed by atoms with Gasteiger partial charge in [0.05, 0.1) is 43.8 Å². The summed E-state index contributed by atoms with van der Waals surface area (Å²) >= 11 is 0.